The lowest BCUT2D eigenvalue weighted by Crippen LogP contribution is -2.34. The Kier molecular flexibility index (Phi) is 5.43. The van der Waals surface area contributed by atoms with E-state index in [2.05, 4.69) is 5.32 Å². The van der Waals surface area contributed by atoms with Gasteiger partial charge in [0, 0.05) is 5.92 Å². The number of rotatable bonds is 7. The van der Waals surface area contributed by atoms with Gasteiger partial charge >= 0.3 is 12.3 Å². The number of carbonyl (C=O) groups is 1. The van der Waals surface area contributed by atoms with E-state index in [0.717, 1.165) is 11.3 Å². The van der Waals surface area contributed by atoms with Crippen molar-refractivity contribution < 1.29 is 27.1 Å². The summed E-state index contributed by atoms with van der Waals surface area (Å²) in [5.41, 5.74) is 5.76. The third-order valence-electron chi connectivity index (χ3n) is 2.66. The number of nitrogen functional groups attached to an aromatic ring is 1. The van der Waals surface area contributed by atoms with Crippen molar-refractivity contribution in [3.8, 4) is 5.75 Å². The fourth-order valence-electron chi connectivity index (χ4n) is 1.47. The van der Waals surface area contributed by atoms with Crippen LogP contribution in [-0.2, 0) is 0 Å². The summed E-state index contributed by atoms with van der Waals surface area (Å²) in [6.07, 6.45) is -3.79. The van der Waals surface area contributed by atoms with Gasteiger partial charge < -0.3 is 15.8 Å². The fourth-order valence-corrected chi connectivity index (χ4v) is 2.64. The van der Waals surface area contributed by atoms with Gasteiger partial charge in [0.05, 0.1) is 24.2 Å². The Labute approximate surface area is 123 Å². The Morgan fingerprint density at radius 3 is 2.43 bits per heavy atom. The van der Waals surface area contributed by atoms with Crippen LogP contribution in [0, 0.1) is 5.92 Å². The summed E-state index contributed by atoms with van der Waals surface area (Å²) in [6, 6.07) is 0. The molecule has 0 bridgehead atoms. The normalized spacial score (nSPS) is 12.0. The lowest BCUT2D eigenvalue weighted by Gasteiger charge is -2.16. The van der Waals surface area contributed by atoms with Gasteiger partial charge in [-0.05, 0) is 0 Å². The topological polar surface area (TPSA) is 64.3 Å². The van der Waals surface area contributed by atoms with E-state index in [0.29, 0.717) is 0 Å². The van der Waals surface area contributed by atoms with Crippen molar-refractivity contribution in [3.63, 3.8) is 0 Å². The Morgan fingerprint density at radius 1 is 1.43 bits per heavy atom. The summed E-state index contributed by atoms with van der Waals surface area (Å²) in [4.78, 5) is 12.1. The maximum Gasteiger partial charge on any atom is 0.324 e. The Morgan fingerprint density at radius 2 is 2.00 bits per heavy atom. The molecule has 0 amide bonds. The molecule has 21 heavy (non-hydrogen) atoms. The van der Waals surface area contributed by atoms with Crippen molar-refractivity contribution in [3.05, 3.63) is 4.88 Å². The molecule has 0 spiro atoms. The number of alkyl halides is 4. The van der Waals surface area contributed by atoms with Crippen LogP contribution in [0.4, 0.5) is 28.3 Å². The van der Waals surface area contributed by atoms with Crippen molar-refractivity contribution in [2.45, 2.75) is 26.2 Å². The van der Waals surface area contributed by atoms with Crippen molar-refractivity contribution in [1.82, 2.24) is 0 Å². The number of hydrogen-bond acceptors (Lipinski definition) is 5. The number of ketones is 1. The predicted molar refractivity (Wildman–Crippen MR) is 73.9 cm³/mol. The second-order valence-corrected chi connectivity index (χ2v) is 5.66. The highest BCUT2D eigenvalue weighted by molar-refractivity contribution is 7.19. The first kappa shape index (κ1) is 17.5. The van der Waals surface area contributed by atoms with E-state index >= 15 is 0 Å². The van der Waals surface area contributed by atoms with E-state index in [-0.39, 0.29) is 33.0 Å². The number of nitrogens with two attached hydrogens (primary N) is 1. The molecule has 1 rings (SSSR count). The molecule has 0 aliphatic carbocycles. The minimum atomic E-state index is -4.19. The van der Waals surface area contributed by atoms with E-state index in [1.54, 1.807) is 13.8 Å². The van der Waals surface area contributed by atoms with Crippen LogP contribution < -0.4 is 15.8 Å². The third kappa shape index (κ3) is 3.78. The van der Waals surface area contributed by atoms with Crippen molar-refractivity contribution in [2.75, 3.05) is 24.7 Å². The standard InChI is InChI=1S/C12H16F4N2O2S/c1-5(2)7(19)9-6(17)8(20-3)10(21-9)18-4-12(15,16)11(13)14/h5,11,18H,4,17H2,1-3H3. The lowest BCUT2D eigenvalue weighted by atomic mass is 10.1. The molecule has 0 aromatic carbocycles. The molecule has 0 aliphatic rings. The number of thiophene rings is 1. The minimum absolute atomic E-state index is 0.00839. The molecule has 0 saturated carbocycles. The van der Waals surface area contributed by atoms with Crippen LogP contribution in [0.5, 0.6) is 5.75 Å². The second-order valence-electron chi connectivity index (χ2n) is 4.64. The molecule has 0 fully saturated rings. The molecule has 9 heteroatoms. The SMILES string of the molecule is COc1c(NCC(F)(F)C(F)F)sc(C(=O)C(C)C)c1N. The highest BCUT2D eigenvalue weighted by Gasteiger charge is 2.41. The first-order valence-corrected chi connectivity index (χ1v) is 6.83. The highest BCUT2D eigenvalue weighted by Crippen LogP contribution is 2.43. The molecule has 0 aliphatic heterocycles. The number of methoxy groups -OCH3 is 1. The first-order chi connectivity index (χ1) is 9.61. The van der Waals surface area contributed by atoms with Gasteiger partial charge in [0.15, 0.2) is 11.5 Å². The number of Topliss-reactive ketones (excluding diaryl/α,β-unsaturated/α-hetero) is 1. The molecule has 1 aromatic rings. The molecule has 0 atom stereocenters. The molecule has 0 radical (unpaired) electrons. The number of anilines is 2. The number of hydrogen-bond donors (Lipinski definition) is 2. The van der Waals surface area contributed by atoms with E-state index < -0.39 is 18.9 Å². The van der Waals surface area contributed by atoms with Crippen LogP contribution in [0.25, 0.3) is 0 Å². The third-order valence-corrected chi connectivity index (χ3v) is 3.81. The van der Waals surface area contributed by atoms with Crippen LogP contribution in [0.3, 0.4) is 0 Å². The maximum absolute atomic E-state index is 12.9. The largest absolute Gasteiger partial charge is 0.492 e. The molecular formula is C12H16F4N2O2S. The van der Waals surface area contributed by atoms with Crippen LogP contribution in [0.15, 0.2) is 0 Å². The summed E-state index contributed by atoms with van der Waals surface area (Å²) < 4.78 is 55.0. The molecule has 1 aromatic heterocycles. The van der Waals surface area contributed by atoms with Crippen molar-refractivity contribution in [2.24, 2.45) is 5.92 Å². The molecule has 0 unspecified atom stereocenters. The van der Waals surface area contributed by atoms with E-state index in [1.807, 2.05) is 0 Å². The number of carbonyl (C=O) groups excluding carboxylic acids is 1. The summed E-state index contributed by atoms with van der Waals surface area (Å²) in [7, 11) is 1.25. The number of halogens is 4. The Hall–Kier alpha value is -1.51. The predicted octanol–water partition coefficient (Wildman–Crippen LogP) is 3.49. The zero-order chi connectivity index (χ0) is 16.4. The average molecular weight is 328 g/mol. The molecule has 0 saturated heterocycles. The fraction of sp³-hybridized carbons (Fsp3) is 0.583. The van der Waals surface area contributed by atoms with Gasteiger partial charge in [-0.2, -0.15) is 8.78 Å². The smallest absolute Gasteiger partial charge is 0.324 e. The van der Waals surface area contributed by atoms with Crippen molar-refractivity contribution in [1.29, 1.82) is 0 Å². The first-order valence-electron chi connectivity index (χ1n) is 6.02. The molecule has 120 valence electrons. The summed E-state index contributed by atoms with van der Waals surface area (Å²) in [6.45, 7) is 2.04. The monoisotopic (exact) mass is 328 g/mol. The quantitative estimate of drug-likeness (QED) is 0.594. The summed E-state index contributed by atoms with van der Waals surface area (Å²) in [5, 5.41) is 2.20. The lowest BCUT2D eigenvalue weighted by molar-refractivity contribution is -0.117. The van der Waals surface area contributed by atoms with Gasteiger partial charge in [0.2, 0.25) is 0 Å². The maximum atomic E-state index is 12.9. The van der Waals surface area contributed by atoms with Crippen LogP contribution >= 0.6 is 11.3 Å². The zero-order valence-corrected chi connectivity index (χ0v) is 12.5. The van der Waals surface area contributed by atoms with Crippen LogP contribution in [-0.4, -0.2) is 31.8 Å². The second kappa shape index (κ2) is 6.50. The number of nitrogens with one attached hydrogen (secondary N) is 1. The molecule has 3 N–H and O–H groups in total. The van der Waals surface area contributed by atoms with E-state index in [1.165, 1.54) is 7.11 Å². The summed E-state index contributed by atoms with van der Waals surface area (Å²) in [5.74, 6) is -4.80. The van der Waals surface area contributed by atoms with Crippen LogP contribution in [0.2, 0.25) is 0 Å². The van der Waals surface area contributed by atoms with Gasteiger partial charge in [-0.25, -0.2) is 8.78 Å². The number of ether oxygens (including phenoxy) is 1. The molecule has 4 nitrogen and oxygen atoms in total. The average Bonchev–Trinajstić information content (AvgIpc) is 2.71. The van der Waals surface area contributed by atoms with Gasteiger partial charge in [-0.15, -0.1) is 11.3 Å². The van der Waals surface area contributed by atoms with Crippen molar-refractivity contribution >= 4 is 27.8 Å². The van der Waals surface area contributed by atoms with E-state index in [9.17, 15) is 22.4 Å². The highest BCUT2D eigenvalue weighted by atomic mass is 32.1. The van der Waals surface area contributed by atoms with Gasteiger partial charge in [0.25, 0.3) is 0 Å². The van der Waals surface area contributed by atoms with Crippen LogP contribution in [0.1, 0.15) is 23.5 Å². The van der Waals surface area contributed by atoms with E-state index in [4.69, 9.17) is 10.5 Å². The minimum Gasteiger partial charge on any atom is -0.492 e. The Bertz CT molecular complexity index is 518. The molecular weight excluding hydrogens is 312 g/mol. The zero-order valence-electron chi connectivity index (χ0n) is 11.7. The van der Waals surface area contributed by atoms with Gasteiger partial charge in [-0.1, -0.05) is 13.8 Å². The van der Waals surface area contributed by atoms with Gasteiger partial charge in [0.1, 0.15) is 5.00 Å². The molecule has 1 heterocycles. The summed E-state index contributed by atoms with van der Waals surface area (Å²) >= 11 is 0.811. The van der Waals surface area contributed by atoms with Gasteiger partial charge in [-0.3, -0.25) is 4.79 Å². The Balaban J connectivity index is 3.03.